The molecule has 0 aliphatic carbocycles. The minimum atomic E-state index is -0.987. The quantitative estimate of drug-likeness (QED) is 0.889. The van der Waals surface area contributed by atoms with Crippen LogP contribution in [0.2, 0.25) is 0 Å². The zero-order valence-corrected chi connectivity index (χ0v) is 9.87. The van der Waals surface area contributed by atoms with Crippen molar-refractivity contribution in [3.05, 3.63) is 53.5 Å². The molecule has 0 amide bonds. The molecule has 96 valence electrons. The van der Waals surface area contributed by atoms with E-state index in [0.29, 0.717) is 12.3 Å². The molecule has 1 heterocycles. The summed E-state index contributed by atoms with van der Waals surface area (Å²) in [7, 11) is 1.81. The van der Waals surface area contributed by atoms with Crippen LogP contribution in [0.5, 0.6) is 5.75 Å². The summed E-state index contributed by atoms with van der Waals surface area (Å²) in [6.07, 6.45) is 1.54. The van der Waals surface area contributed by atoms with Gasteiger partial charge in [0.15, 0.2) is 11.6 Å². The summed E-state index contributed by atoms with van der Waals surface area (Å²) in [6, 6.07) is 5.61. The first-order valence-electron chi connectivity index (χ1n) is 5.49. The van der Waals surface area contributed by atoms with E-state index in [2.05, 4.69) is 5.32 Å². The van der Waals surface area contributed by atoms with Gasteiger partial charge in [-0.3, -0.25) is 0 Å². The van der Waals surface area contributed by atoms with E-state index in [0.717, 1.165) is 11.6 Å². The second-order valence-corrected chi connectivity index (χ2v) is 3.74. The van der Waals surface area contributed by atoms with E-state index >= 15 is 0 Å². The first-order chi connectivity index (χ1) is 8.72. The second kappa shape index (κ2) is 5.64. The van der Waals surface area contributed by atoms with Crippen molar-refractivity contribution in [2.75, 3.05) is 7.05 Å². The lowest BCUT2D eigenvalue weighted by molar-refractivity contribution is 0.253. The maximum atomic E-state index is 13.3. The number of hydrogen-bond acceptors (Lipinski definition) is 3. The highest BCUT2D eigenvalue weighted by molar-refractivity contribution is 5.25. The Morgan fingerprint density at radius 3 is 2.89 bits per heavy atom. The summed E-state index contributed by atoms with van der Waals surface area (Å²) in [5.74, 6) is -1.45. The molecule has 0 aliphatic rings. The summed E-state index contributed by atoms with van der Waals surface area (Å²) >= 11 is 0. The Labute approximate surface area is 103 Å². The van der Waals surface area contributed by atoms with Crippen LogP contribution in [0.1, 0.15) is 11.3 Å². The van der Waals surface area contributed by atoms with Crippen LogP contribution in [0.4, 0.5) is 8.78 Å². The van der Waals surface area contributed by atoms with Crippen LogP contribution in [0, 0.1) is 11.6 Å². The van der Waals surface area contributed by atoms with Crippen LogP contribution < -0.4 is 10.1 Å². The lowest BCUT2D eigenvalue weighted by Crippen LogP contribution is -2.07. The third-order valence-corrected chi connectivity index (χ3v) is 2.48. The molecule has 0 bridgehead atoms. The summed E-state index contributed by atoms with van der Waals surface area (Å²) in [5.41, 5.74) is 0.925. The van der Waals surface area contributed by atoms with E-state index in [4.69, 9.17) is 9.15 Å². The van der Waals surface area contributed by atoms with E-state index < -0.39 is 11.6 Å². The molecule has 2 aromatic rings. The number of rotatable bonds is 5. The number of furan rings is 1. The topological polar surface area (TPSA) is 34.4 Å². The molecule has 0 spiro atoms. The van der Waals surface area contributed by atoms with Gasteiger partial charge in [-0.2, -0.15) is 4.39 Å². The van der Waals surface area contributed by atoms with Gasteiger partial charge in [0, 0.05) is 12.1 Å². The largest absolute Gasteiger partial charge is 0.482 e. The van der Waals surface area contributed by atoms with Gasteiger partial charge in [-0.05, 0) is 25.2 Å². The first-order valence-corrected chi connectivity index (χ1v) is 5.49. The Morgan fingerprint density at radius 2 is 2.11 bits per heavy atom. The second-order valence-electron chi connectivity index (χ2n) is 3.74. The Balaban J connectivity index is 2.07. The van der Waals surface area contributed by atoms with Crippen molar-refractivity contribution in [3.8, 4) is 5.75 Å². The van der Waals surface area contributed by atoms with Crippen molar-refractivity contribution in [2.24, 2.45) is 0 Å². The van der Waals surface area contributed by atoms with Gasteiger partial charge in [0.05, 0.1) is 6.26 Å². The number of benzene rings is 1. The zero-order valence-electron chi connectivity index (χ0n) is 9.87. The minimum Gasteiger partial charge on any atom is -0.482 e. The summed E-state index contributed by atoms with van der Waals surface area (Å²) in [4.78, 5) is 0. The highest BCUT2D eigenvalue weighted by Gasteiger charge is 2.11. The summed E-state index contributed by atoms with van der Waals surface area (Å²) in [6.45, 7) is 0.686. The maximum Gasteiger partial charge on any atom is 0.200 e. The predicted molar refractivity (Wildman–Crippen MR) is 62.2 cm³/mol. The summed E-state index contributed by atoms with van der Waals surface area (Å²) in [5, 5.41) is 2.98. The molecular weight excluding hydrogens is 240 g/mol. The Kier molecular flexibility index (Phi) is 3.94. The van der Waals surface area contributed by atoms with Crippen LogP contribution in [0.3, 0.4) is 0 Å². The van der Waals surface area contributed by atoms with E-state index in [9.17, 15) is 8.78 Å². The molecule has 1 aromatic carbocycles. The van der Waals surface area contributed by atoms with E-state index in [1.807, 2.05) is 7.05 Å². The number of halogens is 2. The fourth-order valence-electron chi connectivity index (χ4n) is 1.58. The number of hydrogen-bond donors (Lipinski definition) is 1. The fraction of sp³-hybridized carbons (Fsp3) is 0.231. The van der Waals surface area contributed by atoms with Gasteiger partial charge in [0.2, 0.25) is 5.82 Å². The molecule has 0 radical (unpaired) electrons. The molecule has 1 aromatic heterocycles. The van der Waals surface area contributed by atoms with Crippen LogP contribution in [0.25, 0.3) is 0 Å². The molecule has 18 heavy (non-hydrogen) atoms. The van der Waals surface area contributed by atoms with Gasteiger partial charge >= 0.3 is 0 Å². The predicted octanol–water partition coefficient (Wildman–Crippen LogP) is 2.86. The Bertz CT molecular complexity index is 525. The lowest BCUT2D eigenvalue weighted by Gasteiger charge is -2.07. The van der Waals surface area contributed by atoms with Crippen molar-refractivity contribution in [1.29, 1.82) is 0 Å². The average molecular weight is 253 g/mol. The molecule has 2 rings (SSSR count). The molecule has 0 unspecified atom stereocenters. The smallest absolute Gasteiger partial charge is 0.200 e. The van der Waals surface area contributed by atoms with Crippen molar-refractivity contribution in [1.82, 2.24) is 5.32 Å². The summed E-state index contributed by atoms with van der Waals surface area (Å²) < 4.78 is 36.7. The first kappa shape index (κ1) is 12.6. The van der Waals surface area contributed by atoms with Crippen molar-refractivity contribution < 1.29 is 17.9 Å². The zero-order chi connectivity index (χ0) is 13.0. The van der Waals surface area contributed by atoms with Gasteiger partial charge in [0.1, 0.15) is 12.4 Å². The van der Waals surface area contributed by atoms with Gasteiger partial charge in [0.25, 0.3) is 0 Å². The van der Waals surface area contributed by atoms with Crippen LogP contribution in [0.15, 0.2) is 34.9 Å². The van der Waals surface area contributed by atoms with Crippen molar-refractivity contribution >= 4 is 0 Å². The molecule has 0 aliphatic heterocycles. The normalized spacial score (nSPS) is 10.6. The van der Waals surface area contributed by atoms with Gasteiger partial charge in [-0.1, -0.05) is 6.07 Å². The molecule has 3 nitrogen and oxygen atoms in total. The standard InChI is InChI=1S/C13H13F2NO2/c1-16-7-9-5-6-17-12(9)8-18-11-4-2-3-10(14)13(11)15/h2-6,16H,7-8H2,1H3. The Morgan fingerprint density at radius 1 is 1.28 bits per heavy atom. The molecule has 0 saturated carbocycles. The van der Waals surface area contributed by atoms with Gasteiger partial charge in [-0.15, -0.1) is 0 Å². The molecule has 0 atom stereocenters. The van der Waals surface area contributed by atoms with Crippen LogP contribution in [-0.2, 0) is 13.2 Å². The molecular formula is C13H13F2NO2. The highest BCUT2D eigenvalue weighted by Crippen LogP contribution is 2.21. The monoisotopic (exact) mass is 253 g/mol. The minimum absolute atomic E-state index is 0.0599. The molecule has 0 fully saturated rings. The molecule has 0 saturated heterocycles. The third kappa shape index (κ3) is 2.68. The SMILES string of the molecule is CNCc1ccoc1COc1cccc(F)c1F. The molecule has 1 N–H and O–H groups in total. The average Bonchev–Trinajstić information content (AvgIpc) is 2.79. The fourth-order valence-corrected chi connectivity index (χ4v) is 1.58. The third-order valence-electron chi connectivity index (χ3n) is 2.48. The van der Waals surface area contributed by atoms with E-state index in [1.165, 1.54) is 18.4 Å². The Hall–Kier alpha value is -1.88. The lowest BCUT2D eigenvalue weighted by atomic mass is 10.2. The molecule has 5 heteroatoms. The highest BCUT2D eigenvalue weighted by atomic mass is 19.2. The maximum absolute atomic E-state index is 13.3. The van der Waals surface area contributed by atoms with E-state index in [-0.39, 0.29) is 12.4 Å². The van der Waals surface area contributed by atoms with E-state index in [1.54, 1.807) is 6.07 Å². The van der Waals surface area contributed by atoms with Gasteiger partial charge in [-0.25, -0.2) is 4.39 Å². The van der Waals surface area contributed by atoms with Crippen molar-refractivity contribution in [3.63, 3.8) is 0 Å². The van der Waals surface area contributed by atoms with Gasteiger partial charge < -0.3 is 14.5 Å². The van der Waals surface area contributed by atoms with Crippen molar-refractivity contribution in [2.45, 2.75) is 13.2 Å². The number of nitrogens with one attached hydrogen (secondary N) is 1. The van der Waals surface area contributed by atoms with Crippen LogP contribution >= 0.6 is 0 Å². The number of ether oxygens (including phenoxy) is 1. The van der Waals surface area contributed by atoms with Crippen LogP contribution in [-0.4, -0.2) is 7.05 Å².